The molecule has 0 radical (unpaired) electrons. The summed E-state index contributed by atoms with van der Waals surface area (Å²) in [7, 11) is 2.95. The maximum Gasteiger partial charge on any atom is 0.295 e. The molecule has 0 aromatic heterocycles. The first kappa shape index (κ1) is 29.5. The average molecular weight is 489 g/mol. The van der Waals surface area contributed by atoms with Gasteiger partial charge in [-0.3, -0.25) is 9.11 Å². The van der Waals surface area contributed by atoms with Crippen LogP contribution in [0.25, 0.3) is 12.2 Å². The molecule has 0 bridgehead atoms. The molecular formula is C20H32N4O6S2. The second-order valence-corrected chi connectivity index (χ2v) is 10.3. The van der Waals surface area contributed by atoms with Gasteiger partial charge in [-0.05, 0) is 77.7 Å². The SMILES string of the molecule is CN(C)C.CN(C)C.Nc1ccc(C=Cc2ccc(N)cc2S(=O)(=O)O)c(S(=O)(=O)O)c1. The molecule has 0 amide bonds. The third kappa shape index (κ3) is 11.8. The van der Waals surface area contributed by atoms with Crippen molar-refractivity contribution in [2.24, 2.45) is 0 Å². The highest BCUT2D eigenvalue weighted by molar-refractivity contribution is 7.86. The molecule has 10 nitrogen and oxygen atoms in total. The van der Waals surface area contributed by atoms with Crippen LogP contribution in [0.5, 0.6) is 0 Å². The standard InChI is InChI=1S/C14H14N2O6S2.2C3H9N/c15-11-5-3-9(13(7-11)23(17,18)19)1-2-10-4-6-12(16)8-14(10)24(20,21)22;2*1-4(2)3/h1-8H,15-16H2,(H,17,18,19)(H,20,21,22);2*1-3H3. The van der Waals surface area contributed by atoms with E-state index in [4.69, 9.17) is 11.5 Å². The van der Waals surface area contributed by atoms with Crippen LogP contribution >= 0.6 is 0 Å². The van der Waals surface area contributed by atoms with Crippen molar-refractivity contribution in [3.8, 4) is 0 Å². The largest absolute Gasteiger partial charge is 0.399 e. The van der Waals surface area contributed by atoms with Gasteiger partial charge >= 0.3 is 0 Å². The molecule has 0 saturated carbocycles. The summed E-state index contributed by atoms with van der Waals surface area (Å²) in [5, 5.41) is 0. The Labute approximate surface area is 190 Å². The fourth-order valence-electron chi connectivity index (χ4n) is 2.00. The van der Waals surface area contributed by atoms with E-state index < -0.39 is 30.0 Å². The third-order valence-corrected chi connectivity index (χ3v) is 4.89. The number of nitrogens with two attached hydrogens (primary N) is 2. The zero-order valence-electron chi connectivity index (χ0n) is 19.0. The highest BCUT2D eigenvalue weighted by Gasteiger charge is 2.16. The van der Waals surface area contributed by atoms with Gasteiger partial charge in [-0.25, -0.2) is 0 Å². The summed E-state index contributed by atoms with van der Waals surface area (Å²) in [6.07, 6.45) is 2.53. The van der Waals surface area contributed by atoms with Crippen molar-refractivity contribution in [3.63, 3.8) is 0 Å². The molecule has 0 atom stereocenters. The Morgan fingerprint density at radius 2 is 0.906 bits per heavy atom. The lowest BCUT2D eigenvalue weighted by atomic mass is 10.1. The molecule has 0 heterocycles. The molecule has 0 spiro atoms. The van der Waals surface area contributed by atoms with Gasteiger partial charge in [-0.1, -0.05) is 24.3 Å². The molecule has 0 saturated heterocycles. The Morgan fingerprint density at radius 1 is 0.656 bits per heavy atom. The van der Waals surface area contributed by atoms with E-state index in [0.717, 1.165) is 12.1 Å². The first-order valence-electron chi connectivity index (χ1n) is 9.09. The Morgan fingerprint density at radius 3 is 1.12 bits per heavy atom. The van der Waals surface area contributed by atoms with Crippen molar-refractivity contribution in [1.82, 2.24) is 9.80 Å². The second kappa shape index (κ2) is 12.5. The van der Waals surface area contributed by atoms with Crippen molar-refractivity contribution in [3.05, 3.63) is 47.5 Å². The molecule has 0 aliphatic heterocycles. The minimum Gasteiger partial charge on any atom is -0.399 e. The number of nitrogen functional groups attached to an aromatic ring is 2. The summed E-state index contributed by atoms with van der Waals surface area (Å²) in [4.78, 5) is 3.14. The van der Waals surface area contributed by atoms with Crippen LogP contribution in [0, 0.1) is 0 Å². The van der Waals surface area contributed by atoms with E-state index in [0.29, 0.717) is 0 Å². The fourth-order valence-corrected chi connectivity index (χ4v) is 3.44. The topological polar surface area (TPSA) is 167 Å². The quantitative estimate of drug-likeness (QED) is 0.283. The van der Waals surface area contributed by atoms with Gasteiger partial charge in [0.05, 0.1) is 0 Å². The molecule has 2 aromatic rings. The van der Waals surface area contributed by atoms with Gasteiger partial charge in [-0.2, -0.15) is 16.8 Å². The first-order valence-corrected chi connectivity index (χ1v) is 12.0. The molecule has 0 unspecified atom stereocenters. The van der Waals surface area contributed by atoms with Crippen LogP contribution in [0.1, 0.15) is 11.1 Å². The Balaban J connectivity index is 0.00000104. The van der Waals surface area contributed by atoms with Crippen LogP contribution in [0.15, 0.2) is 46.2 Å². The number of benzene rings is 2. The highest BCUT2D eigenvalue weighted by atomic mass is 32.2. The Hall–Kier alpha value is -2.48. The van der Waals surface area contributed by atoms with E-state index in [1.807, 2.05) is 52.1 Å². The maximum absolute atomic E-state index is 11.4. The summed E-state index contributed by atoms with van der Waals surface area (Å²) < 4.78 is 64.1. The van der Waals surface area contributed by atoms with Crippen molar-refractivity contribution >= 4 is 43.8 Å². The number of nitrogens with zero attached hydrogens (tertiary/aromatic N) is 2. The lowest BCUT2D eigenvalue weighted by Crippen LogP contribution is -2.03. The van der Waals surface area contributed by atoms with Gasteiger partial charge in [0.2, 0.25) is 0 Å². The minimum absolute atomic E-state index is 0.0878. The lowest BCUT2D eigenvalue weighted by Gasteiger charge is -2.06. The average Bonchev–Trinajstić information content (AvgIpc) is 2.59. The summed E-state index contributed by atoms with van der Waals surface area (Å²) >= 11 is 0. The van der Waals surface area contributed by atoms with E-state index in [2.05, 4.69) is 0 Å². The van der Waals surface area contributed by atoms with E-state index >= 15 is 0 Å². The molecule has 0 aliphatic rings. The van der Waals surface area contributed by atoms with Gasteiger partial charge in [0.15, 0.2) is 0 Å². The van der Waals surface area contributed by atoms with Crippen LogP contribution in [-0.4, -0.2) is 78.0 Å². The smallest absolute Gasteiger partial charge is 0.295 e. The van der Waals surface area contributed by atoms with Gasteiger partial charge < -0.3 is 21.3 Å². The van der Waals surface area contributed by atoms with E-state index in [1.165, 1.54) is 36.4 Å². The van der Waals surface area contributed by atoms with Gasteiger partial charge in [0, 0.05) is 11.4 Å². The molecule has 180 valence electrons. The van der Waals surface area contributed by atoms with Gasteiger partial charge in [-0.15, -0.1) is 0 Å². The van der Waals surface area contributed by atoms with Gasteiger partial charge in [0.25, 0.3) is 20.2 Å². The summed E-state index contributed by atoms with van der Waals surface area (Å²) in [5.41, 5.74) is 11.4. The number of hydrogen-bond acceptors (Lipinski definition) is 8. The van der Waals surface area contributed by atoms with Crippen molar-refractivity contribution in [2.45, 2.75) is 9.79 Å². The summed E-state index contributed by atoms with van der Waals surface area (Å²) in [6.45, 7) is 0. The number of rotatable bonds is 4. The Kier molecular flexibility index (Phi) is 11.6. The normalized spacial score (nSPS) is 11.7. The van der Waals surface area contributed by atoms with Crippen molar-refractivity contribution in [2.75, 3.05) is 53.8 Å². The summed E-state index contributed by atoms with van der Waals surface area (Å²) in [6, 6.07) is 7.67. The fraction of sp³-hybridized carbons (Fsp3) is 0.300. The van der Waals surface area contributed by atoms with Crippen LogP contribution in [-0.2, 0) is 20.2 Å². The second-order valence-electron chi connectivity index (χ2n) is 7.56. The Bertz CT molecular complexity index is 1030. The first-order chi connectivity index (χ1) is 14.4. The van der Waals surface area contributed by atoms with Crippen LogP contribution in [0.2, 0.25) is 0 Å². The third-order valence-electron chi connectivity index (χ3n) is 3.07. The van der Waals surface area contributed by atoms with Crippen LogP contribution in [0.3, 0.4) is 0 Å². The molecule has 12 heteroatoms. The summed E-state index contributed by atoms with van der Waals surface area (Å²) in [5.74, 6) is 0. The van der Waals surface area contributed by atoms with Gasteiger partial charge in [0.1, 0.15) is 9.79 Å². The predicted molar refractivity (Wildman–Crippen MR) is 129 cm³/mol. The molecule has 2 aromatic carbocycles. The zero-order valence-corrected chi connectivity index (χ0v) is 20.6. The molecular weight excluding hydrogens is 456 g/mol. The minimum atomic E-state index is -4.52. The predicted octanol–water partition coefficient (Wildman–Crippen LogP) is 1.87. The molecule has 32 heavy (non-hydrogen) atoms. The zero-order chi connectivity index (χ0) is 25.3. The maximum atomic E-state index is 11.4. The molecule has 0 aliphatic carbocycles. The van der Waals surface area contributed by atoms with Crippen molar-refractivity contribution in [1.29, 1.82) is 0 Å². The molecule has 2 rings (SSSR count). The highest BCUT2D eigenvalue weighted by Crippen LogP contribution is 2.24. The van der Waals surface area contributed by atoms with Crippen LogP contribution < -0.4 is 11.5 Å². The molecule has 6 N–H and O–H groups in total. The monoisotopic (exact) mass is 488 g/mol. The number of anilines is 2. The number of hydrogen-bond donors (Lipinski definition) is 4. The molecule has 0 fully saturated rings. The van der Waals surface area contributed by atoms with E-state index in [1.54, 1.807) is 0 Å². The van der Waals surface area contributed by atoms with E-state index in [9.17, 15) is 25.9 Å². The van der Waals surface area contributed by atoms with Crippen LogP contribution in [0.4, 0.5) is 11.4 Å². The van der Waals surface area contributed by atoms with E-state index in [-0.39, 0.29) is 22.5 Å². The lowest BCUT2D eigenvalue weighted by molar-refractivity contribution is 0.480. The van der Waals surface area contributed by atoms with Crippen molar-refractivity contribution < 1.29 is 25.9 Å².